The Morgan fingerprint density at radius 2 is 1.58 bits per heavy atom. The van der Waals surface area contributed by atoms with Crippen molar-refractivity contribution in [2.75, 3.05) is 6.61 Å². The second-order valence-electron chi connectivity index (χ2n) is 4.87. The maximum absolute atomic E-state index is 12.6. The summed E-state index contributed by atoms with van der Waals surface area (Å²) >= 11 is 0. The summed E-state index contributed by atoms with van der Waals surface area (Å²) in [5.41, 5.74) is 0. The fourth-order valence-electron chi connectivity index (χ4n) is 2.31. The molecule has 108 valence electrons. The van der Waals surface area contributed by atoms with Gasteiger partial charge in [-0.3, -0.25) is 13.6 Å². The number of allylic oxidation sites excluding steroid dienone is 2. The van der Waals surface area contributed by atoms with Crippen LogP contribution < -0.4 is 0 Å². The molecule has 4 nitrogen and oxygen atoms in total. The van der Waals surface area contributed by atoms with Crippen molar-refractivity contribution < 1.29 is 18.1 Å². The quantitative estimate of drug-likeness (QED) is 0.537. The van der Waals surface area contributed by atoms with Gasteiger partial charge in [0.25, 0.3) is 0 Å². The highest BCUT2D eigenvalue weighted by atomic mass is 31.2. The first-order valence-corrected chi connectivity index (χ1v) is 8.62. The fraction of sp³-hybridized carbons (Fsp3) is 0.714. The minimum Gasteiger partial charge on any atom is -0.287 e. The molecule has 0 bridgehead atoms. The number of hydrogen-bond acceptors (Lipinski definition) is 4. The summed E-state index contributed by atoms with van der Waals surface area (Å²) in [5.74, 6) is 0. The molecule has 5 heteroatoms. The molecular formula is C14H23O4P. The second-order valence-corrected chi connectivity index (χ2v) is 6.45. The lowest BCUT2D eigenvalue weighted by atomic mass is 10.1. The minimum atomic E-state index is -3.46. The zero-order chi connectivity index (χ0) is 13.6. The van der Waals surface area contributed by atoms with Crippen LogP contribution in [-0.2, 0) is 18.1 Å². The Kier molecular flexibility index (Phi) is 5.83. The first kappa shape index (κ1) is 15.0. The third-order valence-electron chi connectivity index (χ3n) is 3.24. The highest BCUT2D eigenvalue weighted by Crippen LogP contribution is 2.53. The van der Waals surface area contributed by atoms with Crippen LogP contribution in [0.5, 0.6) is 0 Å². The minimum absolute atomic E-state index is 0.154. The highest BCUT2D eigenvalue weighted by molar-refractivity contribution is 7.48. The molecule has 0 aromatic carbocycles. The van der Waals surface area contributed by atoms with Gasteiger partial charge in [-0.05, 0) is 45.4 Å². The van der Waals surface area contributed by atoms with Gasteiger partial charge in [0, 0.05) is 0 Å². The van der Waals surface area contributed by atoms with Gasteiger partial charge >= 0.3 is 7.82 Å². The first-order chi connectivity index (χ1) is 9.22. The molecule has 19 heavy (non-hydrogen) atoms. The van der Waals surface area contributed by atoms with E-state index in [1.165, 1.54) is 0 Å². The van der Waals surface area contributed by atoms with Gasteiger partial charge in [0.2, 0.25) is 0 Å². The Hall–Kier alpha value is -0.410. The standard InChI is InChI=1S/C14H23O4P/c1-2-16-19(15,17-13-9-5-3-6-10-13)18-14-11-7-4-8-12-14/h5,7,9,11,13-14H,2-4,6,8,10,12H2,1H3. The molecule has 0 aromatic heterocycles. The Morgan fingerprint density at radius 3 is 1.95 bits per heavy atom. The van der Waals surface area contributed by atoms with Gasteiger partial charge in [-0.15, -0.1) is 0 Å². The molecule has 0 amide bonds. The van der Waals surface area contributed by atoms with E-state index in [2.05, 4.69) is 12.2 Å². The molecule has 0 saturated carbocycles. The SMILES string of the molecule is CCOP(=O)(OC1C=CCCC1)OC1C=CCCC1. The van der Waals surface area contributed by atoms with Gasteiger partial charge in [0.1, 0.15) is 0 Å². The number of phosphoric ester groups is 1. The van der Waals surface area contributed by atoms with Crippen LogP contribution in [0.15, 0.2) is 24.3 Å². The summed E-state index contributed by atoms with van der Waals surface area (Å²) < 4.78 is 29.1. The van der Waals surface area contributed by atoms with Crippen LogP contribution in [0.3, 0.4) is 0 Å². The average Bonchev–Trinajstić information content (AvgIpc) is 2.41. The third-order valence-corrected chi connectivity index (χ3v) is 4.87. The van der Waals surface area contributed by atoms with Crippen molar-refractivity contribution in [3.8, 4) is 0 Å². The number of rotatable bonds is 6. The lowest BCUT2D eigenvalue weighted by molar-refractivity contribution is 0.0721. The zero-order valence-corrected chi connectivity index (χ0v) is 12.4. The van der Waals surface area contributed by atoms with Gasteiger partial charge in [0.15, 0.2) is 0 Å². The van der Waals surface area contributed by atoms with Crippen LogP contribution in [0.2, 0.25) is 0 Å². The molecule has 2 unspecified atom stereocenters. The van der Waals surface area contributed by atoms with Crippen LogP contribution in [-0.4, -0.2) is 18.8 Å². The predicted molar refractivity (Wildman–Crippen MR) is 75.0 cm³/mol. The molecule has 2 aliphatic rings. The molecule has 0 fully saturated rings. The predicted octanol–water partition coefficient (Wildman–Crippen LogP) is 4.38. The molecule has 0 heterocycles. The van der Waals surface area contributed by atoms with Crippen molar-refractivity contribution in [3.63, 3.8) is 0 Å². The number of hydrogen-bond donors (Lipinski definition) is 0. The lowest BCUT2D eigenvalue weighted by Crippen LogP contribution is -2.17. The van der Waals surface area contributed by atoms with Crippen molar-refractivity contribution >= 4 is 7.82 Å². The summed E-state index contributed by atoms with van der Waals surface area (Å²) in [5, 5.41) is 0. The average molecular weight is 286 g/mol. The molecule has 0 spiro atoms. The second kappa shape index (κ2) is 7.39. The van der Waals surface area contributed by atoms with Crippen LogP contribution >= 0.6 is 7.82 Å². The summed E-state index contributed by atoms with van der Waals surface area (Å²) in [7, 11) is -3.46. The lowest BCUT2D eigenvalue weighted by Gasteiger charge is -2.26. The van der Waals surface area contributed by atoms with E-state index >= 15 is 0 Å². The monoisotopic (exact) mass is 286 g/mol. The fourth-order valence-corrected chi connectivity index (χ4v) is 3.82. The van der Waals surface area contributed by atoms with Gasteiger partial charge in [0.05, 0.1) is 18.8 Å². The molecule has 2 rings (SSSR count). The third kappa shape index (κ3) is 4.88. The van der Waals surface area contributed by atoms with Crippen molar-refractivity contribution in [3.05, 3.63) is 24.3 Å². The zero-order valence-electron chi connectivity index (χ0n) is 11.5. The van der Waals surface area contributed by atoms with Crippen LogP contribution in [0.4, 0.5) is 0 Å². The largest absolute Gasteiger partial charge is 0.475 e. The molecule has 2 atom stereocenters. The van der Waals surface area contributed by atoms with Crippen molar-refractivity contribution in [2.45, 2.75) is 57.7 Å². The van der Waals surface area contributed by atoms with E-state index in [1.54, 1.807) is 6.92 Å². The van der Waals surface area contributed by atoms with E-state index in [9.17, 15) is 4.57 Å². The van der Waals surface area contributed by atoms with Gasteiger partial charge in [-0.1, -0.05) is 24.3 Å². The normalized spacial score (nSPS) is 30.2. The number of phosphoric acid groups is 1. The van der Waals surface area contributed by atoms with Gasteiger partial charge in [-0.2, -0.15) is 0 Å². The van der Waals surface area contributed by atoms with E-state index in [0.29, 0.717) is 6.61 Å². The Morgan fingerprint density at radius 1 is 1.05 bits per heavy atom. The van der Waals surface area contributed by atoms with E-state index in [4.69, 9.17) is 13.6 Å². The molecule has 2 aliphatic carbocycles. The van der Waals surface area contributed by atoms with Gasteiger partial charge < -0.3 is 0 Å². The van der Waals surface area contributed by atoms with Crippen molar-refractivity contribution in [1.82, 2.24) is 0 Å². The van der Waals surface area contributed by atoms with Crippen molar-refractivity contribution in [1.29, 1.82) is 0 Å². The molecule has 0 saturated heterocycles. The van der Waals surface area contributed by atoms with Crippen LogP contribution in [0, 0.1) is 0 Å². The molecule has 0 aromatic rings. The highest BCUT2D eigenvalue weighted by Gasteiger charge is 2.33. The van der Waals surface area contributed by atoms with E-state index < -0.39 is 7.82 Å². The molecule has 0 radical (unpaired) electrons. The topological polar surface area (TPSA) is 44.8 Å². The van der Waals surface area contributed by atoms with E-state index in [-0.39, 0.29) is 12.2 Å². The van der Waals surface area contributed by atoms with E-state index in [1.807, 2.05) is 12.2 Å². The molecule has 0 N–H and O–H groups in total. The summed E-state index contributed by atoms with van der Waals surface area (Å²) in [4.78, 5) is 0. The Labute approximate surface area is 115 Å². The first-order valence-electron chi connectivity index (χ1n) is 7.16. The summed E-state index contributed by atoms with van der Waals surface area (Å²) in [6.07, 6.45) is 13.7. The maximum Gasteiger partial charge on any atom is 0.475 e. The summed E-state index contributed by atoms with van der Waals surface area (Å²) in [6.45, 7) is 2.12. The Balaban J connectivity index is 1.97. The molecule has 0 aliphatic heterocycles. The smallest absolute Gasteiger partial charge is 0.287 e. The van der Waals surface area contributed by atoms with Crippen molar-refractivity contribution in [2.24, 2.45) is 0 Å². The van der Waals surface area contributed by atoms with Crippen LogP contribution in [0.1, 0.15) is 45.4 Å². The molecular weight excluding hydrogens is 263 g/mol. The maximum atomic E-state index is 12.6. The Bertz CT molecular complexity index is 348. The van der Waals surface area contributed by atoms with Crippen LogP contribution in [0.25, 0.3) is 0 Å². The van der Waals surface area contributed by atoms with Gasteiger partial charge in [-0.25, -0.2) is 4.57 Å². The van der Waals surface area contributed by atoms with E-state index in [0.717, 1.165) is 38.5 Å². The summed E-state index contributed by atoms with van der Waals surface area (Å²) in [6, 6.07) is 0.